The molecule has 0 saturated heterocycles. The molecule has 1 aliphatic rings. The van der Waals surface area contributed by atoms with Crippen molar-refractivity contribution in [3.63, 3.8) is 0 Å². The van der Waals surface area contributed by atoms with Gasteiger partial charge in [0.05, 0.1) is 10.4 Å². The first-order valence-electron chi connectivity index (χ1n) is 11.1. The van der Waals surface area contributed by atoms with E-state index in [1.54, 1.807) is 23.5 Å². The molecule has 0 spiro atoms. The predicted molar refractivity (Wildman–Crippen MR) is 132 cm³/mol. The van der Waals surface area contributed by atoms with Crippen LogP contribution in [0.1, 0.15) is 44.1 Å². The molecule has 5 rings (SSSR count). The van der Waals surface area contributed by atoms with Gasteiger partial charge in [-0.25, -0.2) is 9.37 Å². The maximum Gasteiger partial charge on any atom is 0.183 e. The third-order valence-electron chi connectivity index (χ3n) is 6.64. The SMILES string of the molecule is C[C@@H](Nc1ncc(-c2ccc(Cl)cc2)s1)C1CCC(c2ccnc3ccc(F)cc23)CC1. The van der Waals surface area contributed by atoms with E-state index in [4.69, 9.17) is 11.6 Å². The fourth-order valence-corrected chi connectivity index (χ4v) is 5.87. The molecule has 6 heteroatoms. The summed E-state index contributed by atoms with van der Waals surface area (Å²) < 4.78 is 13.8. The number of nitrogens with zero attached hydrogens (tertiary/aromatic N) is 2. The minimum absolute atomic E-state index is 0.195. The number of anilines is 1. The highest BCUT2D eigenvalue weighted by Crippen LogP contribution is 2.40. The average molecular weight is 466 g/mol. The Morgan fingerprint density at radius 3 is 2.59 bits per heavy atom. The van der Waals surface area contributed by atoms with E-state index in [0.717, 1.165) is 57.2 Å². The Hall–Kier alpha value is -2.50. The Labute approximate surface area is 196 Å². The lowest BCUT2D eigenvalue weighted by Crippen LogP contribution is -2.29. The van der Waals surface area contributed by atoms with Gasteiger partial charge >= 0.3 is 0 Å². The second-order valence-electron chi connectivity index (χ2n) is 8.64. The summed E-state index contributed by atoms with van der Waals surface area (Å²) in [6.07, 6.45) is 8.29. The van der Waals surface area contributed by atoms with E-state index in [9.17, 15) is 4.39 Å². The van der Waals surface area contributed by atoms with Crippen LogP contribution < -0.4 is 5.32 Å². The van der Waals surface area contributed by atoms with Crippen molar-refractivity contribution < 1.29 is 4.39 Å². The molecule has 2 aromatic heterocycles. The molecule has 0 bridgehead atoms. The molecule has 164 valence electrons. The van der Waals surface area contributed by atoms with Gasteiger partial charge in [0.1, 0.15) is 5.82 Å². The number of hydrogen-bond acceptors (Lipinski definition) is 4. The number of rotatable bonds is 5. The zero-order valence-electron chi connectivity index (χ0n) is 17.9. The second kappa shape index (κ2) is 9.16. The summed E-state index contributed by atoms with van der Waals surface area (Å²) in [5.74, 6) is 0.862. The molecule has 3 nitrogen and oxygen atoms in total. The van der Waals surface area contributed by atoms with Crippen molar-refractivity contribution in [3.05, 3.63) is 77.3 Å². The van der Waals surface area contributed by atoms with Crippen molar-refractivity contribution in [1.29, 1.82) is 0 Å². The first kappa shape index (κ1) is 21.4. The smallest absolute Gasteiger partial charge is 0.183 e. The van der Waals surface area contributed by atoms with Gasteiger partial charge in [-0.3, -0.25) is 4.98 Å². The van der Waals surface area contributed by atoms with Crippen LogP contribution in [0.3, 0.4) is 0 Å². The number of nitrogens with one attached hydrogen (secondary N) is 1. The third kappa shape index (κ3) is 4.50. The van der Waals surface area contributed by atoms with Crippen molar-refractivity contribution in [3.8, 4) is 10.4 Å². The van der Waals surface area contributed by atoms with Crippen LogP contribution in [-0.2, 0) is 0 Å². The summed E-state index contributed by atoms with van der Waals surface area (Å²) >= 11 is 7.68. The van der Waals surface area contributed by atoms with E-state index in [1.165, 1.54) is 11.6 Å². The first-order valence-corrected chi connectivity index (χ1v) is 12.3. The first-order chi connectivity index (χ1) is 15.6. The van der Waals surface area contributed by atoms with Crippen molar-refractivity contribution in [2.75, 3.05) is 5.32 Å². The highest BCUT2D eigenvalue weighted by Gasteiger charge is 2.27. The van der Waals surface area contributed by atoms with Gasteiger partial charge in [-0.05, 0) is 92.0 Å². The molecule has 32 heavy (non-hydrogen) atoms. The lowest BCUT2D eigenvalue weighted by molar-refractivity contribution is 0.302. The molecule has 1 N–H and O–H groups in total. The zero-order valence-corrected chi connectivity index (χ0v) is 19.5. The van der Waals surface area contributed by atoms with Crippen LogP contribution in [0.4, 0.5) is 9.52 Å². The molecule has 1 saturated carbocycles. The van der Waals surface area contributed by atoms with Gasteiger partial charge in [0.25, 0.3) is 0 Å². The molecular weight excluding hydrogens is 441 g/mol. The van der Waals surface area contributed by atoms with Gasteiger partial charge in [-0.15, -0.1) is 0 Å². The second-order valence-corrected chi connectivity index (χ2v) is 10.1. The molecule has 1 atom stereocenters. The molecule has 0 amide bonds. The Kier molecular flexibility index (Phi) is 6.11. The fraction of sp³-hybridized carbons (Fsp3) is 0.308. The molecule has 0 radical (unpaired) electrons. The number of pyridine rings is 1. The van der Waals surface area contributed by atoms with E-state index in [-0.39, 0.29) is 5.82 Å². The molecule has 1 aliphatic carbocycles. The van der Waals surface area contributed by atoms with Crippen LogP contribution in [0.25, 0.3) is 21.3 Å². The molecule has 4 aromatic rings. The maximum atomic E-state index is 13.8. The molecule has 1 fully saturated rings. The number of fused-ring (bicyclic) bond motifs is 1. The number of benzene rings is 2. The Morgan fingerprint density at radius 1 is 1.03 bits per heavy atom. The van der Waals surface area contributed by atoms with Crippen molar-refractivity contribution in [2.45, 2.75) is 44.6 Å². The summed E-state index contributed by atoms with van der Waals surface area (Å²) in [6.45, 7) is 2.26. The lowest BCUT2D eigenvalue weighted by atomic mass is 9.75. The van der Waals surface area contributed by atoms with Crippen LogP contribution in [0.2, 0.25) is 5.02 Å². The summed E-state index contributed by atoms with van der Waals surface area (Å²) in [5, 5.41) is 6.28. The van der Waals surface area contributed by atoms with E-state index < -0.39 is 0 Å². The monoisotopic (exact) mass is 465 g/mol. The highest BCUT2D eigenvalue weighted by atomic mass is 35.5. The van der Waals surface area contributed by atoms with Gasteiger partial charge in [-0.1, -0.05) is 35.1 Å². The minimum atomic E-state index is -0.195. The van der Waals surface area contributed by atoms with Gasteiger partial charge in [0.2, 0.25) is 0 Å². The van der Waals surface area contributed by atoms with Crippen LogP contribution in [0.15, 0.2) is 60.9 Å². The van der Waals surface area contributed by atoms with E-state index in [1.807, 2.05) is 36.7 Å². The highest BCUT2D eigenvalue weighted by molar-refractivity contribution is 7.18. The standard InChI is InChI=1S/C26H25ClFN3S/c1-16(31-26-30-15-25(32-26)19-6-8-20(27)9-7-19)17-2-4-18(5-3-17)22-12-13-29-24-11-10-21(28)14-23(22)24/h6-18H,2-5H2,1H3,(H,30,31)/t16-,17?,18?/m1/s1. The third-order valence-corrected chi connectivity index (χ3v) is 7.87. The largest absolute Gasteiger partial charge is 0.359 e. The normalized spacial score (nSPS) is 19.7. The van der Waals surface area contributed by atoms with E-state index in [2.05, 4.69) is 28.3 Å². The number of thiazole rings is 1. The number of halogens is 2. The summed E-state index contributed by atoms with van der Waals surface area (Å²) in [6, 6.07) is 15.2. The van der Waals surface area contributed by atoms with Crippen molar-refractivity contribution in [1.82, 2.24) is 9.97 Å². The molecule has 2 heterocycles. The summed E-state index contributed by atoms with van der Waals surface area (Å²) in [7, 11) is 0. The van der Waals surface area contributed by atoms with Gasteiger partial charge in [0.15, 0.2) is 5.13 Å². The van der Waals surface area contributed by atoms with E-state index >= 15 is 0 Å². The van der Waals surface area contributed by atoms with Gasteiger partial charge < -0.3 is 5.32 Å². The van der Waals surface area contributed by atoms with Crippen molar-refractivity contribution in [2.24, 2.45) is 5.92 Å². The average Bonchev–Trinajstić information content (AvgIpc) is 3.27. The quantitative estimate of drug-likeness (QED) is 0.325. The summed E-state index contributed by atoms with van der Waals surface area (Å²) in [4.78, 5) is 10.1. The predicted octanol–water partition coefficient (Wildman–Crippen LogP) is 7.93. The topological polar surface area (TPSA) is 37.8 Å². The van der Waals surface area contributed by atoms with Crippen LogP contribution >= 0.6 is 22.9 Å². The Bertz CT molecular complexity index is 1220. The molecule has 0 unspecified atom stereocenters. The van der Waals surface area contributed by atoms with Crippen LogP contribution in [0, 0.1) is 11.7 Å². The van der Waals surface area contributed by atoms with Crippen LogP contribution in [0.5, 0.6) is 0 Å². The van der Waals surface area contributed by atoms with E-state index in [0.29, 0.717) is 17.9 Å². The van der Waals surface area contributed by atoms with Gasteiger partial charge in [0, 0.05) is 28.8 Å². The number of hydrogen-bond donors (Lipinski definition) is 1. The van der Waals surface area contributed by atoms with Crippen molar-refractivity contribution >= 4 is 39.0 Å². The van der Waals surface area contributed by atoms with Gasteiger partial charge in [-0.2, -0.15) is 0 Å². The summed E-state index contributed by atoms with van der Waals surface area (Å²) in [5.41, 5.74) is 3.25. The zero-order chi connectivity index (χ0) is 22.1. The number of aromatic nitrogens is 2. The Morgan fingerprint density at radius 2 is 1.81 bits per heavy atom. The molecular formula is C26H25ClFN3S. The molecule has 2 aromatic carbocycles. The molecule has 0 aliphatic heterocycles. The fourth-order valence-electron chi connectivity index (χ4n) is 4.83. The lowest BCUT2D eigenvalue weighted by Gasteiger charge is -2.33. The van der Waals surface area contributed by atoms with Crippen LogP contribution in [-0.4, -0.2) is 16.0 Å². The maximum absolute atomic E-state index is 13.8. The Balaban J connectivity index is 1.22. The minimum Gasteiger partial charge on any atom is -0.359 e.